The summed E-state index contributed by atoms with van der Waals surface area (Å²) in [5, 5.41) is 25.0. The zero-order valence-electron chi connectivity index (χ0n) is 28.9. The maximum Gasteiger partial charge on any atom is 0.325 e. The molecule has 4 aliphatic carbocycles. The molecule has 6 heteroatoms. The third kappa shape index (κ3) is 4.67. The number of amides is 1. The fourth-order valence-electron chi connectivity index (χ4n) is 8.87. The standard InChI is InChI=1S/C29H49NO5/c1-6-19-23-15-18(31)11-13-29(23,4)22-12-14-28(3)20(8-9-21(28)26(22)27(19)34)17(2)7-10-24(32)30-16-25(33)35-5/h17-23,26-27,31,34H,6-16H2,1-5H3,(H,30,32)/t17-,18+,19-,20-,21?,22?,23+,26?,27?,28-,29-/m1/s1/i11D2,15D2,16D2,18D. The van der Waals surface area contributed by atoms with E-state index in [0.29, 0.717) is 19.3 Å². The Hall–Kier alpha value is -1.14. The van der Waals surface area contributed by atoms with Gasteiger partial charge in [-0.1, -0.05) is 34.1 Å². The number of esters is 1. The third-order valence-electron chi connectivity index (χ3n) is 10.6. The number of carbonyl (C=O) groups excluding carboxylic acids is 2. The van der Waals surface area contributed by atoms with E-state index in [1.807, 2.05) is 13.8 Å². The van der Waals surface area contributed by atoms with Gasteiger partial charge in [-0.05, 0) is 104 Å². The third-order valence-corrected chi connectivity index (χ3v) is 10.6. The normalized spacial score (nSPS) is 53.9. The molecule has 0 saturated heterocycles. The number of carbonyl (C=O) groups is 2. The molecule has 0 heterocycles. The number of nitrogens with one attached hydrogen (secondary N) is 1. The van der Waals surface area contributed by atoms with Gasteiger partial charge in [0.05, 0.1) is 23.4 Å². The monoisotopic (exact) mass is 498 g/mol. The van der Waals surface area contributed by atoms with Crippen molar-refractivity contribution in [3.63, 3.8) is 0 Å². The van der Waals surface area contributed by atoms with Gasteiger partial charge >= 0.3 is 5.97 Å². The van der Waals surface area contributed by atoms with E-state index in [2.05, 4.69) is 23.9 Å². The lowest BCUT2D eigenvalue weighted by Gasteiger charge is -2.64. The second-order valence-corrected chi connectivity index (χ2v) is 12.1. The molecule has 0 aromatic heterocycles. The Balaban J connectivity index is 1.57. The lowest BCUT2D eigenvalue weighted by molar-refractivity contribution is -0.203. The molecule has 3 N–H and O–H groups in total. The zero-order valence-corrected chi connectivity index (χ0v) is 21.9. The molecule has 0 spiro atoms. The Kier molecular flexibility index (Phi) is 5.60. The van der Waals surface area contributed by atoms with E-state index in [1.54, 1.807) is 0 Å². The van der Waals surface area contributed by atoms with E-state index in [0.717, 1.165) is 26.4 Å². The fourth-order valence-corrected chi connectivity index (χ4v) is 8.87. The smallest absolute Gasteiger partial charge is 0.325 e. The summed E-state index contributed by atoms with van der Waals surface area (Å²) in [5.74, 6) is -2.93. The molecule has 200 valence electrons. The lowest BCUT2D eigenvalue weighted by Crippen LogP contribution is -2.62. The largest absolute Gasteiger partial charge is 0.468 e. The molecule has 0 aliphatic heterocycles. The summed E-state index contributed by atoms with van der Waals surface area (Å²) in [7, 11) is 1.06. The molecule has 0 aromatic carbocycles. The van der Waals surface area contributed by atoms with Gasteiger partial charge in [0.15, 0.2) is 0 Å². The van der Waals surface area contributed by atoms with Gasteiger partial charge < -0.3 is 20.3 Å². The van der Waals surface area contributed by atoms with Gasteiger partial charge in [-0.25, -0.2) is 0 Å². The average molecular weight is 499 g/mol. The van der Waals surface area contributed by atoms with Crippen LogP contribution in [0.3, 0.4) is 0 Å². The molecule has 6 nitrogen and oxygen atoms in total. The van der Waals surface area contributed by atoms with Crippen LogP contribution in [0.15, 0.2) is 0 Å². The minimum atomic E-state index is -2.93. The van der Waals surface area contributed by atoms with E-state index < -0.39 is 60.6 Å². The Labute approximate surface area is 221 Å². The number of aliphatic hydroxyl groups excluding tert-OH is 1. The van der Waals surface area contributed by atoms with Gasteiger partial charge in [-0.15, -0.1) is 0 Å². The van der Waals surface area contributed by atoms with Crippen molar-refractivity contribution < 1.29 is 34.1 Å². The topological polar surface area (TPSA) is 95.9 Å². The maximum absolute atomic E-state index is 12.5. The molecular formula is C29H49NO5. The van der Waals surface area contributed by atoms with E-state index in [4.69, 9.17) is 9.60 Å². The molecule has 4 unspecified atom stereocenters. The molecule has 4 fully saturated rings. The second-order valence-electron chi connectivity index (χ2n) is 12.1. The van der Waals surface area contributed by atoms with Crippen molar-refractivity contribution in [2.24, 2.45) is 52.3 Å². The average Bonchev–Trinajstić information content (AvgIpc) is 3.23. The SMILES string of the molecule is [2H]C([2H])(NC(=O)CC[C@@H](C)[C@H]1CCC2C3C(O)[C@H](CC)[C@@H]4C([2H])([2H])[C@@]([2H])(O)C([2H])([2H])C[C@]4(C)C3CC[C@@]21C)C(=O)OC. The molecule has 0 aromatic rings. The molecule has 0 bridgehead atoms. The molecule has 35 heavy (non-hydrogen) atoms. The highest BCUT2D eigenvalue weighted by molar-refractivity contribution is 5.81. The van der Waals surface area contributed by atoms with Crippen molar-refractivity contribution in [3.05, 3.63) is 0 Å². The highest BCUT2D eigenvalue weighted by atomic mass is 16.5. The van der Waals surface area contributed by atoms with Crippen molar-refractivity contribution in [2.75, 3.05) is 13.6 Å². The number of hydrogen-bond acceptors (Lipinski definition) is 5. The Bertz CT molecular complexity index is 1070. The number of fused-ring (bicyclic) bond motifs is 5. The van der Waals surface area contributed by atoms with E-state index in [9.17, 15) is 19.8 Å². The van der Waals surface area contributed by atoms with Crippen molar-refractivity contribution in [1.82, 2.24) is 5.32 Å². The minimum absolute atomic E-state index is 0.0570. The fraction of sp³-hybridized carbons (Fsp3) is 0.931. The summed E-state index contributed by atoms with van der Waals surface area (Å²) >= 11 is 0. The first-order chi connectivity index (χ1) is 19.1. The lowest BCUT2D eigenvalue weighted by atomic mass is 9.41. The Morgan fingerprint density at radius 1 is 1.17 bits per heavy atom. The summed E-state index contributed by atoms with van der Waals surface area (Å²) in [5.41, 5.74) is -0.990. The summed E-state index contributed by atoms with van der Waals surface area (Å²) in [6.07, 6.45) is -4.62. The van der Waals surface area contributed by atoms with Crippen LogP contribution in [0.4, 0.5) is 0 Å². The Morgan fingerprint density at radius 3 is 2.57 bits per heavy atom. The summed E-state index contributed by atoms with van der Waals surface area (Å²) < 4.78 is 63.3. The molecule has 11 atom stereocenters. The number of aliphatic hydroxyl groups is 2. The van der Waals surface area contributed by atoms with Gasteiger partial charge in [0.2, 0.25) is 5.91 Å². The van der Waals surface area contributed by atoms with Gasteiger partial charge in [0, 0.05) is 11.9 Å². The second kappa shape index (κ2) is 10.3. The number of methoxy groups -OCH3 is 1. The molecule has 1 amide bonds. The van der Waals surface area contributed by atoms with E-state index in [-0.39, 0.29) is 47.8 Å². The van der Waals surface area contributed by atoms with Crippen LogP contribution in [0.1, 0.15) is 101 Å². The zero-order chi connectivity index (χ0) is 31.8. The van der Waals surface area contributed by atoms with Crippen LogP contribution in [-0.4, -0.2) is 47.9 Å². The molecule has 4 rings (SSSR count). The van der Waals surface area contributed by atoms with Crippen LogP contribution >= 0.6 is 0 Å². The van der Waals surface area contributed by atoms with Crippen LogP contribution < -0.4 is 5.32 Å². The van der Waals surface area contributed by atoms with Crippen LogP contribution in [0.2, 0.25) is 0 Å². The van der Waals surface area contributed by atoms with Gasteiger partial charge in [0.1, 0.15) is 6.50 Å². The molecule has 4 aliphatic rings. The summed E-state index contributed by atoms with van der Waals surface area (Å²) in [4.78, 5) is 24.1. The van der Waals surface area contributed by atoms with Crippen LogP contribution in [-0.2, 0) is 14.3 Å². The van der Waals surface area contributed by atoms with Crippen molar-refractivity contribution in [3.8, 4) is 0 Å². The minimum Gasteiger partial charge on any atom is -0.468 e. The van der Waals surface area contributed by atoms with Gasteiger partial charge in [-0.3, -0.25) is 9.59 Å². The molecule has 0 radical (unpaired) electrons. The highest BCUT2D eigenvalue weighted by Crippen LogP contribution is 2.69. The first-order valence-electron chi connectivity index (χ1n) is 16.9. The maximum atomic E-state index is 12.5. The van der Waals surface area contributed by atoms with Gasteiger partial charge in [-0.2, -0.15) is 0 Å². The number of hydrogen-bond donors (Lipinski definition) is 3. The van der Waals surface area contributed by atoms with E-state index in [1.165, 1.54) is 0 Å². The van der Waals surface area contributed by atoms with Crippen LogP contribution in [0, 0.1) is 52.3 Å². The first-order valence-corrected chi connectivity index (χ1v) is 13.4. The number of ether oxygens (including phenoxy) is 1. The molecular weight excluding hydrogens is 442 g/mol. The van der Waals surface area contributed by atoms with E-state index >= 15 is 0 Å². The quantitative estimate of drug-likeness (QED) is 0.454. The first kappa shape index (κ1) is 19.0. The predicted molar refractivity (Wildman–Crippen MR) is 135 cm³/mol. The predicted octanol–water partition coefficient (Wildman–Crippen LogP) is 4.32. The van der Waals surface area contributed by atoms with Crippen molar-refractivity contribution >= 4 is 11.9 Å². The summed E-state index contributed by atoms with van der Waals surface area (Å²) in [6, 6.07) is 0. The van der Waals surface area contributed by atoms with Crippen LogP contribution in [0.25, 0.3) is 0 Å². The van der Waals surface area contributed by atoms with Crippen molar-refractivity contribution in [2.45, 2.75) is 104 Å². The van der Waals surface area contributed by atoms with Crippen LogP contribution in [0.5, 0.6) is 0 Å². The van der Waals surface area contributed by atoms with Gasteiger partial charge in [0.25, 0.3) is 0 Å². The Morgan fingerprint density at radius 2 is 1.89 bits per heavy atom. The number of rotatable bonds is 7. The summed E-state index contributed by atoms with van der Waals surface area (Å²) in [6.45, 7) is 5.57. The highest BCUT2D eigenvalue weighted by Gasteiger charge is 2.64. The molecule has 4 saturated carbocycles. The van der Waals surface area contributed by atoms with Crippen molar-refractivity contribution in [1.29, 1.82) is 0 Å².